The highest BCUT2D eigenvalue weighted by Crippen LogP contribution is 2.32. The first-order valence-electron chi connectivity index (χ1n) is 8.21. The van der Waals surface area contributed by atoms with Crippen molar-refractivity contribution in [3.05, 3.63) is 69.5 Å². The van der Waals surface area contributed by atoms with Crippen molar-refractivity contribution in [1.82, 2.24) is 10.2 Å². The lowest BCUT2D eigenvalue weighted by molar-refractivity contribution is 0.566. The fourth-order valence-electron chi connectivity index (χ4n) is 3.58. The van der Waals surface area contributed by atoms with Crippen LogP contribution in [-0.4, -0.2) is 18.5 Å². The van der Waals surface area contributed by atoms with E-state index >= 15 is 0 Å². The first-order valence-corrected chi connectivity index (χ1v) is 8.21. The maximum Gasteiger partial charge on any atom is 0.0452 e. The number of allylic oxidation sites excluding steroid dienone is 5. The SMILES string of the molecule is CN1C=CC(=C2CCCCN2)C2=C1C=c1ccccc1=CC2. The largest absolute Gasteiger partial charge is 0.388 e. The van der Waals surface area contributed by atoms with E-state index < -0.39 is 0 Å². The summed E-state index contributed by atoms with van der Waals surface area (Å²) in [4.78, 5) is 2.25. The summed E-state index contributed by atoms with van der Waals surface area (Å²) in [7, 11) is 2.14. The van der Waals surface area contributed by atoms with Crippen molar-refractivity contribution in [2.45, 2.75) is 25.7 Å². The molecule has 1 aromatic carbocycles. The van der Waals surface area contributed by atoms with Crippen molar-refractivity contribution < 1.29 is 0 Å². The number of piperidine rings is 1. The molecule has 0 saturated carbocycles. The van der Waals surface area contributed by atoms with Gasteiger partial charge in [0.05, 0.1) is 0 Å². The van der Waals surface area contributed by atoms with Gasteiger partial charge in [-0.2, -0.15) is 0 Å². The second-order valence-electron chi connectivity index (χ2n) is 6.25. The monoisotopic (exact) mass is 290 g/mol. The minimum absolute atomic E-state index is 0.998. The van der Waals surface area contributed by atoms with E-state index in [4.69, 9.17) is 0 Å². The van der Waals surface area contributed by atoms with Gasteiger partial charge >= 0.3 is 0 Å². The average molecular weight is 290 g/mol. The van der Waals surface area contributed by atoms with Crippen LogP contribution in [0.25, 0.3) is 12.2 Å². The van der Waals surface area contributed by atoms with Gasteiger partial charge in [0.1, 0.15) is 0 Å². The molecule has 2 nitrogen and oxygen atoms in total. The van der Waals surface area contributed by atoms with Gasteiger partial charge in [-0.25, -0.2) is 0 Å². The Hall–Kier alpha value is -2.22. The first-order chi connectivity index (χ1) is 10.8. The molecule has 3 aliphatic rings. The van der Waals surface area contributed by atoms with Crippen molar-refractivity contribution in [3.63, 3.8) is 0 Å². The summed E-state index contributed by atoms with van der Waals surface area (Å²) >= 11 is 0. The Balaban J connectivity index is 1.88. The fourth-order valence-corrected chi connectivity index (χ4v) is 3.58. The lowest BCUT2D eigenvalue weighted by Crippen LogP contribution is -2.25. The van der Waals surface area contributed by atoms with Crippen LogP contribution < -0.4 is 15.8 Å². The molecule has 2 aliphatic heterocycles. The normalized spacial score (nSPS) is 23.8. The summed E-state index contributed by atoms with van der Waals surface area (Å²) in [5.74, 6) is 0. The van der Waals surface area contributed by atoms with Crippen LogP contribution in [-0.2, 0) is 0 Å². The lowest BCUT2D eigenvalue weighted by Gasteiger charge is -2.28. The molecule has 0 unspecified atom stereocenters. The van der Waals surface area contributed by atoms with Crippen LogP contribution in [0.15, 0.2) is 59.1 Å². The third-order valence-electron chi connectivity index (χ3n) is 4.81. The van der Waals surface area contributed by atoms with Gasteiger partial charge in [-0.1, -0.05) is 30.3 Å². The molecule has 1 aliphatic carbocycles. The molecule has 22 heavy (non-hydrogen) atoms. The van der Waals surface area contributed by atoms with Crippen LogP contribution >= 0.6 is 0 Å². The van der Waals surface area contributed by atoms with E-state index in [0.29, 0.717) is 0 Å². The Kier molecular flexibility index (Phi) is 3.38. The van der Waals surface area contributed by atoms with Crippen molar-refractivity contribution in [3.8, 4) is 0 Å². The highest BCUT2D eigenvalue weighted by Gasteiger charge is 2.20. The second-order valence-corrected chi connectivity index (χ2v) is 6.25. The number of nitrogens with one attached hydrogen (secondary N) is 1. The number of hydrogen-bond donors (Lipinski definition) is 1. The summed E-state index contributed by atoms with van der Waals surface area (Å²) in [5.41, 5.74) is 5.62. The zero-order chi connectivity index (χ0) is 14.9. The maximum absolute atomic E-state index is 3.63. The Labute approximate surface area is 131 Å². The molecule has 4 rings (SSSR count). The molecule has 1 saturated heterocycles. The van der Waals surface area contributed by atoms with Gasteiger partial charge in [0.15, 0.2) is 0 Å². The number of benzene rings is 1. The van der Waals surface area contributed by atoms with E-state index in [1.54, 1.807) is 0 Å². The van der Waals surface area contributed by atoms with Crippen molar-refractivity contribution >= 4 is 12.2 Å². The van der Waals surface area contributed by atoms with Crippen molar-refractivity contribution in [2.24, 2.45) is 0 Å². The predicted molar refractivity (Wildman–Crippen MR) is 92.0 cm³/mol. The minimum atomic E-state index is 0.998. The van der Waals surface area contributed by atoms with Gasteiger partial charge in [-0.3, -0.25) is 0 Å². The molecule has 0 bridgehead atoms. The topological polar surface area (TPSA) is 15.3 Å². The van der Waals surface area contributed by atoms with Gasteiger partial charge < -0.3 is 10.2 Å². The van der Waals surface area contributed by atoms with Gasteiger partial charge in [0.2, 0.25) is 0 Å². The highest BCUT2D eigenvalue weighted by molar-refractivity contribution is 5.63. The van der Waals surface area contributed by atoms with Crippen LogP contribution in [0.5, 0.6) is 0 Å². The Bertz CT molecular complexity index is 800. The predicted octanol–water partition coefficient (Wildman–Crippen LogP) is 2.39. The molecule has 2 heteroatoms. The Morgan fingerprint density at radius 2 is 1.95 bits per heavy atom. The van der Waals surface area contributed by atoms with Crippen LogP contribution in [0.4, 0.5) is 0 Å². The summed E-state index contributed by atoms with van der Waals surface area (Å²) in [6, 6.07) is 8.66. The van der Waals surface area contributed by atoms with E-state index in [-0.39, 0.29) is 0 Å². The molecule has 1 N–H and O–H groups in total. The van der Waals surface area contributed by atoms with Crippen molar-refractivity contribution in [2.75, 3.05) is 13.6 Å². The van der Waals surface area contributed by atoms with E-state index in [9.17, 15) is 0 Å². The van der Waals surface area contributed by atoms with Crippen LogP contribution in [0, 0.1) is 0 Å². The van der Waals surface area contributed by atoms with E-state index in [0.717, 1.165) is 13.0 Å². The van der Waals surface area contributed by atoms with E-state index in [1.807, 2.05) is 0 Å². The summed E-state index contributed by atoms with van der Waals surface area (Å²) in [6.45, 7) is 1.11. The number of fused-ring (bicyclic) bond motifs is 1. The summed E-state index contributed by atoms with van der Waals surface area (Å²) < 4.78 is 0. The molecule has 1 aromatic rings. The molecular weight excluding hydrogens is 268 g/mol. The second kappa shape index (κ2) is 5.53. The van der Waals surface area contributed by atoms with Crippen LogP contribution in [0.2, 0.25) is 0 Å². The number of hydrogen-bond acceptors (Lipinski definition) is 2. The molecular formula is C20H22N2. The Morgan fingerprint density at radius 3 is 2.77 bits per heavy atom. The number of nitrogens with zero attached hydrogens (tertiary/aromatic N) is 1. The van der Waals surface area contributed by atoms with E-state index in [1.165, 1.54) is 52.2 Å². The zero-order valence-corrected chi connectivity index (χ0v) is 13.1. The molecule has 0 radical (unpaired) electrons. The van der Waals surface area contributed by atoms with Crippen LogP contribution in [0.1, 0.15) is 25.7 Å². The molecule has 0 aromatic heterocycles. The zero-order valence-electron chi connectivity index (χ0n) is 13.1. The quantitative estimate of drug-likeness (QED) is 0.789. The lowest BCUT2D eigenvalue weighted by atomic mass is 9.92. The standard InChI is InChI=1S/C20H22N2/c1-22-13-11-17(19-8-4-5-12-21-19)18-10-9-15-6-2-3-7-16(15)14-20(18)22/h2-3,6-7,9,11,13-14,21H,4-5,8,10,12H2,1H3. The maximum atomic E-state index is 3.63. The molecule has 2 heterocycles. The van der Waals surface area contributed by atoms with Gasteiger partial charge in [-0.05, 0) is 53.8 Å². The molecule has 112 valence electrons. The molecule has 1 fully saturated rings. The minimum Gasteiger partial charge on any atom is -0.388 e. The average Bonchev–Trinajstić information content (AvgIpc) is 2.77. The van der Waals surface area contributed by atoms with Gasteiger partial charge in [0.25, 0.3) is 0 Å². The number of rotatable bonds is 0. The van der Waals surface area contributed by atoms with E-state index in [2.05, 4.69) is 66.0 Å². The van der Waals surface area contributed by atoms with Gasteiger partial charge in [0, 0.05) is 36.8 Å². The third-order valence-corrected chi connectivity index (χ3v) is 4.81. The van der Waals surface area contributed by atoms with Crippen molar-refractivity contribution in [1.29, 1.82) is 0 Å². The summed E-state index contributed by atoms with van der Waals surface area (Å²) in [5, 5.41) is 6.28. The van der Waals surface area contributed by atoms with Crippen LogP contribution in [0.3, 0.4) is 0 Å². The molecule has 0 atom stereocenters. The highest BCUT2D eigenvalue weighted by atomic mass is 15.1. The van der Waals surface area contributed by atoms with Gasteiger partial charge in [-0.15, -0.1) is 0 Å². The Morgan fingerprint density at radius 1 is 1.09 bits per heavy atom. The molecule has 0 spiro atoms. The third kappa shape index (κ3) is 2.29. The fraction of sp³-hybridized carbons (Fsp3) is 0.300. The molecule has 0 amide bonds. The first kappa shape index (κ1) is 13.4. The summed E-state index contributed by atoms with van der Waals surface area (Å²) in [6.07, 6.45) is 13.9. The smallest absolute Gasteiger partial charge is 0.0452 e.